The molecule has 5 rings (SSSR count). The molecule has 1 atom stereocenters. The van der Waals surface area contributed by atoms with Gasteiger partial charge in [0, 0.05) is 61.4 Å². The number of aromatic nitrogens is 4. The minimum Gasteiger partial charge on any atom is -0.381 e. The van der Waals surface area contributed by atoms with E-state index in [-0.39, 0.29) is 11.8 Å². The molecule has 1 N–H and O–H groups in total. The molecule has 0 bridgehead atoms. The Kier molecular flexibility index (Phi) is 5.85. The highest BCUT2D eigenvalue weighted by Gasteiger charge is 2.22. The quantitative estimate of drug-likeness (QED) is 0.668. The fourth-order valence-electron chi connectivity index (χ4n) is 4.16. The normalized spacial score (nSPS) is 18.9. The predicted molar refractivity (Wildman–Crippen MR) is 121 cm³/mol. The topological polar surface area (TPSA) is 94.3 Å². The van der Waals surface area contributed by atoms with Crippen LogP contribution in [0.3, 0.4) is 0 Å². The molecule has 162 valence electrons. The van der Waals surface area contributed by atoms with Crippen molar-refractivity contribution < 1.29 is 9.53 Å². The molecule has 1 amide bonds. The van der Waals surface area contributed by atoms with Crippen molar-refractivity contribution in [3.63, 3.8) is 0 Å². The highest BCUT2D eigenvalue weighted by Crippen LogP contribution is 2.28. The number of carbonyl (C=O) groups is 1. The smallest absolute Gasteiger partial charge is 0.270 e. The maximum absolute atomic E-state index is 12.9. The number of anilines is 1. The number of hydrogen-bond donors (Lipinski definition) is 1. The first-order valence-electron chi connectivity index (χ1n) is 10.8. The molecule has 1 fully saturated rings. The lowest BCUT2D eigenvalue weighted by molar-refractivity contribution is -0.110. The molecule has 1 aromatic carbocycles. The molecule has 32 heavy (non-hydrogen) atoms. The third-order valence-corrected chi connectivity index (χ3v) is 5.87. The van der Waals surface area contributed by atoms with E-state index in [1.807, 2.05) is 48.7 Å². The Balaban J connectivity index is 1.31. The van der Waals surface area contributed by atoms with Crippen molar-refractivity contribution >= 4 is 17.3 Å². The number of amides is 1. The second-order valence-electron chi connectivity index (χ2n) is 7.95. The average Bonchev–Trinajstić information content (AvgIpc) is 3.36. The monoisotopic (exact) mass is 428 g/mol. The number of pyridine rings is 1. The fraction of sp³-hybridized carbons (Fsp3) is 0.292. The van der Waals surface area contributed by atoms with E-state index in [1.54, 1.807) is 18.7 Å². The van der Waals surface area contributed by atoms with Crippen LogP contribution in [-0.4, -0.2) is 44.6 Å². The lowest BCUT2D eigenvalue weighted by Gasteiger charge is -2.24. The van der Waals surface area contributed by atoms with E-state index in [1.165, 1.54) is 0 Å². The minimum absolute atomic E-state index is 0.0892. The Hall–Kier alpha value is -3.65. The molecule has 0 aliphatic carbocycles. The second kappa shape index (κ2) is 9.23. The van der Waals surface area contributed by atoms with E-state index >= 15 is 0 Å². The fourth-order valence-corrected chi connectivity index (χ4v) is 4.16. The second-order valence-corrected chi connectivity index (χ2v) is 7.95. The van der Waals surface area contributed by atoms with Crippen molar-refractivity contribution in [1.82, 2.24) is 19.7 Å². The summed E-state index contributed by atoms with van der Waals surface area (Å²) in [5.74, 6) is 0.681. The molecule has 3 aromatic rings. The summed E-state index contributed by atoms with van der Waals surface area (Å²) in [6, 6.07) is 11.9. The van der Waals surface area contributed by atoms with Gasteiger partial charge < -0.3 is 14.6 Å². The zero-order valence-electron chi connectivity index (χ0n) is 17.6. The number of carbonyl (C=O) groups excluding carboxylic acids is 1. The highest BCUT2D eigenvalue weighted by atomic mass is 16.5. The van der Waals surface area contributed by atoms with Gasteiger partial charge in [0.2, 0.25) is 0 Å². The molecule has 8 heteroatoms. The van der Waals surface area contributed by atoms with Crippen LogP contribution in [0.15, 0.2) is 72.4 Å². The van der Waals surface area contributed by atoms with E-state index in [9.17, 15) is 4.79 Å². The van der Waals surface area contributed by atoms with Gasteiger partial charge in [0.05, 0.1) is 0 Å². The molecule has 4 heterocycles. The van der Waals surface area contributed by atoms with Gasteiger partial charge in [-0.15, -0.1) is 10.2 Å². The van der Waals surface area contributed by atoms with Crippen LogP contribution >= 0.6 is 0 Å². The van der Waals surface area contributed by atoms with Crippen molar-refractivity contribution in [3.05, 3.63) is 73.0 Å². The first kappa shape index (κ1) is 20.3. The van der Waals surface area contributed by atoms with Gasteiger partial charge in [0.25, 0.3) is 5.91 Å². The molecule has 0 spiro atoms. The van der Waals surface area contributed by atoms with Gasteiger partial charge in [-0.05, 0) is 36.6 Å². The molecule has 0 saturated carbocycles. The average molecular weight is 428 g/mol. The molecule has 2 aliphatic rings. The van der Waals surface area contributed by atoms with Crippen LogP contribution < -0.4 is 5.32 Å². The van der Waals surface area contributed by atoms with Crippen LogP contribution in [0.1, 0.15) is 36.8 Å². The summed E-state index contributed by atoms with van der Waals surface area (Å²) >= 11 is 0. The highest BCUT2D eigenvalue weighted by molar-refractivity contribution is 6.43. The number of benzene rings is 1. The number of allylic oxidation sites excluding steroid dienone is 1. The van der Waals surface area contributed by atoms with Gasteiger partial charge in [-0.2, -0.15) is 0 Å². The summed E-state index contributed by atoms with van der Waals surface area (Å²) in [4.78, 5) is 21.4. The summed E-state index contributed by atoms with van der Waals surface area (Å²) in [6.07, 6.45) is 11.5. The Morgan fingerprint density at radius 1 is 1.16 bits per heavy atom. The third kappa shape index (κ3) is 4.36. The van der Waals surface area contributed by atoms with Crippen LogP contribution in [0, 0.1) is 0 Å². The van der Waals surface area contributed by atoms with Crippen molar-refractivity contribution in [2.45, 2.75) is 31.2 Å². The number of nitrogens with zero attached hydrogens (tertiary/aromatic N) is 5. The third-order valence-electron chi connectivity index (χ3n) is 5.87. The first-order valence-corrected chi connectivity index (χ1v) is 10.8. The van der Waals surface area contributed by atoms with Gasteiger partial charge in [-0.25, -0.2) is 0 Å². The molecule has 1 saturated heterocycles. The van der Waals surface area contributed by atoms with Gasteiger partial charge in [-0.1, -0.05) is 24.3 Å². The molecule has 2 aromatic heterocycles. The van der Waals surface area contributed by atoms with E-state index < -0.39 is 0 Å². The Morgan fingerprint density at radius 2 is 2.06 bits per heavy atom. The molecule has 2 aliphatic heterocycles. The zero-order chi connectivity index (χ0) is 21.8. The number of rotatable bonds is 5. The van der Waals surface area contributed by atoms with Crippen LogP contribution in [0.25, 0.3) is 11.4 Å². The molecular formula is C24H24N6O2. The maximum atomic E-state index is 12.9. The van der Waals surface area contributed by atoms with E-state index in [0.717, 1.165) is 43.0 Å². The molecule has 0 radical (unpaired) electrons. The van der Waals surface area contributed by atoms with E-state index in [2.05, 4.69) is 30.1 Å². The van der Waals surface area contributed by atoms with Crippen molar-refractivity contribution in [3.8, 4) is 11.4 Å². The minimum atomic E-state index is -0.203. The van der Waals surface area contributed by atoms with Gasteiger partial charge in [0.15, 0.2) is 5.82 Å². The predicted octanol–water partition coefficient (Wildman–Crippen LogP) is 3.77. The van der Waals surface area contributed by atoms with Crippen LogP contribution in [0.4, 0.5) is 5.69 Å². The zero-order valence-corrected chi connectivity index (χ0v) is 17.6. The molecular weight excluding hydrogens is 404 g/mol. The summed E-state index contributed by atoms with van der Waals surface area (Å²) < 4.78 is 7.59. The number of hydrogen-bond acceptors (Lipinski definition) is 6. The van der Waals surface area contributed by atoms with E-state index in [4.69, 9.17) is 4.74 Å². The number of ether oxygens (including phenoxy) is 1. The summed E-state index contributed by atoms with van der Waals surface area (Å²) in [6.45, 7) is 1.49. The van der Waals surface area contributed by atoms with E-state index in [0.29, 0.717) is 23.9 Å². The van der Waals surface area contributed by atoms with Crippen molar-refractivity contribution in [2.75, 3.05) is 18.5 Å². The summed E-state index contributed by atoms with van der Waals surface area (Å²) in [7, 11) is 0. The van der Waals surface area contributed by atoms with Gasteiger partial charge in [0.1, 0.15) is 12.0 Å². The summed E-state index contributed by atoms with van der Waals surface area (Å²) in [5.41, 5.74) is 3.17. The van der Waals surface area contributed by atoms with Crippen molar-refractivity contribution in [1.29, 1.82) is 0 Å². The largest absolute Gasteiger partial charge is 0.381 e. The first-order chi connectivity index (χ1) is 15.8. The van der Waals surface area contributed by atoms with Crippen LogP contribution in [-0.2, 0) is 9.53 Å². The maximum Gasteiger partial charge on any atom is 0.270 e. The lowest BCUT2D eigenvalue weighted by Crippen LogP contribution is -2.25. The van der Waals surface area contributed by atoms with Gasteiger partial charge in [-0.3, -0.25) is 14.8 Å². The summed E-state index contributed by atoms with van der Waals surface area (Å²) in [5, 5.41) is 11.5. The van der Waals surface area contributed by atoms with Gasteiger partial charge >= 0.3 is 0 Å². The molecule has 1 unspecified atom stereocenters. The lowest BCUT2D eigenvalue weighted by atomic mass is 9.93. The van der Waals surface area contributed by atoms with Crippen LogP contribution in [0.2, 0.25) is 0 Å². The molecule has 8 nitrogen and oxygen atoms in total. The van der Waals surface area contributed by atoms with Crippen molar-refractivity contribution in [2.24, 2.45) is 4.99 Å². The standard InChI is InChI=1S/C24H24N6O2/c31-24(22-14-17(6-10-26-22)19-4-2-9-25-15-19)28-20-5-1-3-18(13-20)23-29-27-16-30(23)21-7-11-32-12-8-21/h1-6,9-10,13,15-17,21H,7-8,11-12,14H2,(H,28,31). The Morgan fingerprint density at radius 3 is 2.91 bits per heavy atom. The number of aliphatic imine (C=N–C) groups is 1. The Bertz CT molecular complexity index is 1150. The van der Waals surface area contributed by atoms with Crippen LogP contribution in [0.5, 0.6) is 0 Å². The SMILES string of the molecule is O=C(Nc1cccc(-c2nncn2C2CCOCC2)c1)C1=NC=CC(c2cccnc2)C1. The Labute approximate surface area is 186 Å². The number of nitrogens with one attached hydrogen (secondary N) is 1.